The normalized spacial score (nSPS) is 29.9. The minimum absolute atomic E-state index is 0.0570. The molecule has 1 heterocycles. The molecule has 1 aliphatic carbocycles. The molecular weight excluding hydrogens is 166 g/mol. The highest BCUT2D eigenvalue weighted by Gasteiger charge is 2.27. The van der Waals surface area contributed by atoms with Crippen molar-refractivity contribution in [1.29, 1.82) is 0 Å². The standard InChI is InChI=1S/C10H15NO2/c1-11-3-2-7-4-9(12)10(13)5-8(7)6-11/h5,7,12-13H,2-4,6H2,1H3. The first-order chi connectivity index (χ1) is 6.16. The second-order valence-corrected chi connectivity index (χ2v) is 3.98. The zero-order valence-corrected chi connectivity index (χ0v) is 7.82. The van der Waals surface area contributed by atoms with Crippen LogP contribution in [-0.4, -0.2) is 35.3 Å². The Balaban J connectivity index is 2.21. The first-order valence-electron chi connectivity index (χ1n) is 4.67. The number of likely N-dealkylation sites (tertiary alicyclic amines) is 1. The Kier molecular flexibility index (Phi) is 2.04. The van der Waals surface area contributed by atoms with E-state index in [-0.39, 0.29) is 11.5 Å². The summed E-state index contributed by atoms with van der Waals surface area (Å²) in [4.78, 5) is 2.23. The van der Waals surface area contributed by atoms with Gasteiger partial charge in [-0.25, -0.2) is 0 Å². The predicted molar refractivity (Wildman–Crippen MR) is 50.6 cm³/mol. The summed E-state index contributed by atoms with van der Waals surface area (Å²) in [7, 11) is 2.08. The fourth-order valence-corrected chi connectivity index (χ4v) is 2.07. The van der Waals surface area contributed by atoms with Crippen molar-refractivity contribution in [3.05, 3.63) is 23.2 Å². The Hall–Kier alpha value is -0.960. The molecule has 1 unspecified atom stereocenters. The predicted octanol–water partition coefficient (Wildman–Crippen LogP) is 1.60. The maximum absolute atomic E-state index is 9.35. The molecule has 0 aromatic carbocycles. The van der Waals surface area contributed by atoms with Gasteiger partial charge in [-0.05, 0) is 37.6 Å². The average Bonchev–Trinajstić information content (AvgIpc) is 2.08. The Morgan fingerprint density at radius 2 is 2.23 bits per heavy atom. The van der Waals surface area contributed by atoms with E-state index in [1.54, 1.807) is 6.08 Å². The van der Waals surface area contributed by atoms with Gasteiger partial charge in [0, 0.05) is 13.0 Å². The van der Waals surface area contributed by atoms with Gasteiger partial charge >= 0.3 is 0 Å². The number of fused-ring (bicyclic) bond motifs is 1. The molecule has 1 fully saturated rings. The summed E-state index contributed by atoms with van der Waals surface area (Å²) in [6.45, 7) is 2.00. The highest BCUT2D eigenvalue weighted by molar-refractivity contribution is 5.29. The third-order valence-electron chi connectivity index (χ3n) is 2.89. The summed E-state index contributed by atoms with van der Waals surface area (Å²) >= 11 is 0. The molecule has 0 saturated carbocycles. The highest BCUT2D eigenvalue weighted by Crippen LogP contribution is 2.32. The highest BCUT2D eigenvalue weighted by atomic mass is 16.3. The van der Waals surface area contributed by atoms with E-state index in [0.717, 1.165) is 19.5 Å². The van der Waals surface area contributed by atoms with Crippen LogP contribution in [0.5, 0.6) is 0 Å². The van der Waals surface area contributed by atoms with Gasteiger partial charge in [-0.1, -0.05) is 0 Å². The molecule has 13 heavy (non-hydrogen) atoms. The van der Waals surface area contributed by atoms with Gasteiger partial charge in [0.2, 0.25) is 0 Å². The molecule has 0 spiro atoms. The molecule has 3 heteroatoms. The monoisotopic (exact) mass is 181 g/mol. The van der Waals surface area contributed by atoms with E-state index in [9.17, 15) is 10.2 Å². The van der Waals surface area contributed by atoms with Crippen molar-refractivity contribution in [3.8, 4) is 0 Å². The largest absolute Gasteiger partial charge is 0.508 e. The van der Waals surface area contributed by atoms with E-state index in [2.05, 4.69) is 11.9 Å². The zero-order valence-electron chi connectivity index (χ0n) is 7.82. The van der Waals surface area contributed by atoms with Gasteiger partial charge in [-0.15, -0.1) is 0 Å². The van der Waals surface area contributed by atoms with Gasteiger partial charge in [-0.2, -0.15) is 0 Å². The van der Waals surface area contributed by atoms with E-state index in [4.69, 9.17) is 0 Å². The van der Waals surface area contributed by atoms with E-state index >= 15 is 0 Å². The molecular formula is C10H15NO2. The average molecular weight is 181 g/mol. The van der Waals surface area contributed by atoms with Crippen molar-refractivity contribution >= 4 is 0 Å². The van der Waals surface area contributed by atoms with Crippen molar-refractivity contribution in [2.24, 2.45) is 5.92 Å². The number of piperidine rings is 1. The van der Waals surface area contributed by atoms with Crippen molar-refractivity contribution in [3.63, 3.8) is 0 Å². The Labute approximate surface area is 78.0 Å². The minimum atomic E-state index is 0.0570. The number of hydrogen-bond acceptors (Lipinski definition) is 3. The van der Waals surface area contributed by atoms with Gasteiger partial charge in [0.1, 0.15) is 5.76 Å². The SMILES string of the molecule is CN1CCC2CC(O)=C(O)C=C2C1. The second kappa shape index (κ2) is 3.07. The van der Waals surface area contributed by atoms with Crippen LogP contribution in [-0.2, 0) is 0 Å². The van der Waals surface area contributed by atoms with E-state index in [0.29, 0.717) is 12.3 Å². The molecule has 1 atom stereocenters. The van der Waals surface area contributed by atoms with Gasteiger partial charge in [-0.3, -0.25) is 0 Å². The lowest BCUT2D eigenvalue weighted by Crippen LogP contribution is -2.33. The molecule has 0 aromatic heterocycles. The summed E-state index contributed by atoms with van der Waals surface area (Å²) in [5, 5.41) is 18.7. The van der Waals surface area contributed by atoms with Gasteiger partial charge in [0.15, 0.2) is 5.76 Å². The van der Waals surface area contributed by atoms with Gasteiger partial charge in [0.25, 0.3) is 0 Å². The molecule has 0 bridgehead atoms. The summed E-state index contributed by atoms with van der Waals surface area (Å²) in [6, 6.07) is 0. The van der Waals surface area contributed by atoms with E-state index in [1.165, 1.54) is 5.57 Å². The second-order valence-electron chi connectivity index (χ2n) is 3.98. The quantitative estimate of drug-likeness (QED) is 0.596. The smallest absolute Gasteiger partial charge is 0.152 e. The van der Waals surface area contributed by atoms with Crippen molar-refractivity contribution in [1.82, 2.24) is 4.90 Å². The number of rotatable bonds is 0. The van der Waals surface area contributed by atoms with Crippen LogP contribution in [0.3, 0.4) is 0 Å². The lowest BCUT2D eigenvalue weighted by molar-refractivity contribution is 0.238. The van der Waals surface area contributed by atoms with Crippen LogP contribution >= 0.6 is 0 Å². The van der Waals surface area contributed by atoms with Gasteiger partial charge < -0.3 is 15.1 Å². The fraction of sp³-hybridized carbons (Fsp3) is 0.600. The van der Waals surface area contributed by atoms with Crippen molar-refractivity contribution in [2.75, 3.05) is 20.1 Å². The molecule has 0 radical (unpaired) electrons. The van der Waals surface area contributed by atoms with Crippen LogP contribution in [0.25, 0.3) is 0 Å². The number of aliphatic hydroxyl groups is 2. The Morgan fingerprint density at radius 1 is 1.46 bits per heavy atom. The van der Waals surface area contributed by atoms with Crippen LogP contribution < -0.4 is 0 Å². The molecule has 1 saturated heterocycles. The van der Waals surface area contributed by atoms with Crippen LogP contribution in [0.4, 0.5) is 0 Å². The molecule has 2 aliphatic rings. The summed E-state index contributed by atoms with van der Waals surface area (Å²) < 4.78 is 0. The number of aliphatic hydroxyl groups excluding tert-OH is 2. The molecule has 0 aromatic rings. The number of hydrogen-bond donors (Lipinski definition) is 2. The number of allylic oxidation sites excluding steroid dienone is 2. The molecule has 3 nitrogen and oxygen atoms in total. The number of nitrogens with zero attached hydrogens (tertiary/aromatic N) is 1. The third kappa shape index (κ3) is 1.56. The third-order valence-corrected chi connectivity index (χ3v) is 2.89. The first kappa shape index (κ1) is 8.63. The summed E-state index contributed by atoms with van der Waals surface area (Å²) in [6.07, 6.45) is 3.42. The van der Waals surface area contributed by atoms with Crippen molar-refractivity contribution < 1.29 is 10.2 Å². The molecule has 1 aliphatic heterocycles. The van der Waals surface area contributed by atoms with E-state index < -0.39 is 0 Å². The number of likely N-dealkylation sites (N-methyl/N-ethyl adjacent to an activating group) is 1. The summed E-state index contributed by atoms with van der Waals surface area (Å²) in [5.74, 6) is 0.659. The lowest BCUT2D eigenvalue weighted by Gasteiger charge is -2.33. The van der Waals surface area contributed by atoms with Crippen molar-refractivity contribution in [2.45, 2.75) is 12.8 Å². The first-order valence-corrected chi connectivity index (χ1v) is 4.67. The maximum atomic E-state index is 9.35. The lowest BCUT2D eigenvalue weighted by atomic mass is 9.84. The van der Waals surface area contributed by atoms with E-state index in [1.807, 2.05) is 0 Å². The molecule has 0 amide bonds. The molecule has 2 N–H and O–H groups in total. The molecule has 2 rings (SSSR count). The Bertz CT molecular complexity index is 281. The fourth-order valence-electron chi connectivity index (χ4n) is 2.07. The zero-order chi connectivity index (χ0) is 9.42. The molecule has 72 valence electrons. The topological polar surface area (TPSA) is 43.7 Å². The van der Waals surface area contributed by atoms with Crippen LogP contribution in [0.15, 0.2) is 23.2 Å². The minimum Gasteiger partial charge on any atom is -0.508 e. The van der Waals surface area contributed by atoms with Gasteiger partial charge in [0.05, 0.1) is 0 Å². The Morgan fingerprint density at radius 3 is 3.00 bits per heavy atom. The van der Waals surface area contributed by atoms with Crippen LogP contribution in [0, 0.1) is 5.92 Å². The summed E-state index contributed by atoms with van der Waals surface area (Å²) in [5.41, 5.74) is 1.25. The maximum Gasteiger partial charge on any atom is 0.152 e. The van der Waals surface area contributed by atoms with Crippen LogP contribution in [0.2, 0.25) is 0 Å². The van der Waals surface area contributed by atoms with Crippen LogP contribution in [0.1, 0.15) is 12.8 Å².